The molecule has 0 aliphatic carbocycles. The molecule has 1 aromatic carbocycles. The minimum Gasteiger partial charge on any atom is -0.306 e. The molecule has 0 radical (unpaired) electrons. The molecule has 1 N–H and O–H groups in total. The topological polar surface area (TPSA) is 12.0 Å². The van der Waals surface area contributed by atoms with Gasteiger partial charge in [0.1, 0.15) is 6.04 Å². The van der Waals surface area contributed by atoms with Gasteiger partial charge in [-0.15, -0.1) is 0 Å². The van der Waals surface area contributed by atoms with E-state index in [-0.39, 0.29) is 6.42 Å². The number of halogens is 3. The molecule has 0 aromatic heterocycles. The van der Waals surface area contributed by atoms with Crippen LogP contribution < -0.4 is 5.32 Å². The van der Waals surface area contributed by atoms with E-state index in [9.17, 15) is 13.2 Å². The first-order chi connectivity index (χ1) is 7.54. The molecule has 0 spiro atoms. The highest BCUT2D eigenvalue weighted by Crippen LogP contribution is 2.23. The van der Waals surface area contributed by atoms with Gasteiger partial charge in [-0.05, 0) is 24.9 Å². The van der Waals surface area contributed by atoms with Gasteiger partial charge in [0.25, 0.3) is 0 Å². The highest BCUT2D eigenvalue weighted by Gasteiger charge is 2.38. The monoisotopic (exact) mass is 231 g/mol. The minimum atomic E-state index is -4.19. The summed E-state index contributed by atoms with van der Waals surface area (Å²) in [5, 5.41) is 2.53. The molecule has 0 bridgehead atoms. The van der Waals surface area contributed by atoms with Crippen LogP contribution in [0.25, 0.3) is 0 Å². The molecule has 0 saturated carbocycles. The fourth-order valence-electron chi connectivity index (χ4n) is 1.47. The Morgan fingerprint density at radius 1 is 1.19 bits per heavy atom. The van der Waals surface area contributed by atoms with Crippen LogP contribution >= 0.6 is 0 Å². The van der Waals surface area contributed by atoms with Crippen LogP contribution in [0, 0.1) is 0 Å². The van der Waals surface area contributed by atoms with Gasteiger partial charge >= 0.3 is 6.18 Å². The van der Waals surface area contributed by atoms with Crippen LogP contribution in [0.2, 0.25) is 0 Å². The van der Waals surface area contributed by atoms with Crippen LogP contribution in [0.4, 0.5) is 13.2 Å². The quantitative estimate of drug-likeness (QED) is 0.820. The maximum atomic E-state index is 12.7. The summed E-state index contributed by atoms with van der Waals surface area (Å²) in [5.74, 6) is 0. The molecule has 0 aliphatic rings. The summed E-state index contributed by atoms with van der Waals surface area (Å²) in [7, 11) is 0. The number of nitrogens with one attached hydrogen (secondary N) is 1. The summed E-state index contributed by atoms with van der Waals surface area (Å²) in [6.07, 6.45) is -3.50. The summed E-state index contributed by atoms with van der Waals surface area (Å²) in [5.41, 5.74) is 0.702. The Hall–Kier alpha value is -1.03. The number of benzene rings is 1. The Kier molecular flexibility index (Phi) is 4.80. The molecular weight excluding hydrogens is 215 g/mol. The minimum absolute atomic E-state index is 0.00958. The lowest BCUT2D eigenvalue weighted by atomic mass is 10.1. The zero-order valence-corrected chi connectivity index (χ0v) is 9.22. The summed E-state index contributed by atoms with van der Waals surface area (Å²) in [6.45, 7) is 2.24. The van der Waals surface area contributed by atoms with Gasteiger partial charge in [-0.1, -0.05) is 37.3 Å². The summed E-state index contributed by atoms with van der Waals surface area (Å²) in [6, 6.07) is 7.28. The largest absolute Gasteiger partial charge is 0.404 e. The highest BCUT2D eigenvalue weighted by molar-refractivity contribution is 5.16. The zero-order valence-electron chi connectivity index (χ0n) is 9.22. The molecule has 1 nitrogen and oxygen atoms in total. The first kappa shape index (κ1) is 13.0. The molecule has 0 heterocycles. The third-order valence-corrected chi connectivity index (χ3v) is 2.32. The maximum absolute atomic E-state index is 12.7. The Morgan fingerprint density at radius 2 is 1.81 bits per heavy atom. The van der Waals surface area contributed by atoms with Crippen molar-refractivity contribution >= 4 is 0 Å². The Balaban J connectivity index is 2.64. The molecule has 1 rings (SSSR count). The first-order valence-corrected chi connectivity index (χ1v) is 5.38. The van der Waals surface area contributed by atoms with Crippen molar-refractivity contribution in [2.45, 2.75) is 32.0 Å². The second kappa shape index (κ2) is 5.89. The zero-order chi connectivity index (χ0) is 12.0. The molecule has 0 amide bonds. The Morgan fingerprint density at radius 3 is 2.31 bits per heavy atom. The second-order valence-corrected chi connectivity index (χ2v) is 3.74. The standard InChI is InChI=1S/C12H16F3N/c1-2-8-16-11(12(13,14)15)9-10-6-4-3-5-7-10/h3-7,11,16H,2,8-9H2,1H3. The molecule has 1 aromatic rings. The van der Waals surface area contributed by atoms with E-state index in [0.717, 1.165) is 0 Å². The molecule has 0 saturated heterocycles. The van der Waals surface area contributed by atoms with Gasteiger partial charge in [0.2, 0.25) is 0 Å². The molecule has 0 aliphatic heterocycles. The second-order valence-electron chi connectivity index (χ2n) is 3.74. The predicted octanol–water partition coefficient (Wildman–Crippen LogP) is 3.16. The lowest BCUT2D eigenvalue weighted by Crippen LogP contribution is -2.44. The molecule has 16 heavy (non-hydrogen) atoms. The number of alkyl halides is 3. The lowest BCUT2D eigenvalue weighted by Gasteiger charge is -2.21. The van der Waals surface area contributed by atoms with E-state index in [0.29, 0.717) is 18.5 Å². The maximum Gasteiger partial charge on any atom is 0.404 e. The summed E-state index contributed by atoms with van der Waals surface area (Å²) < 4.78 is 38.0. The highest BCUT2D eigenvalue weighted by atomic mass is 19.4. The normalized spacial score (nSPS) is 13.8. The van der Waals surface area contributed by atoms with E-state index < -0.39 is 12.2 Å². The van der Waals surface area contributed by atoms with Gasteiger partial charge in [-0.3, -0.25) is 0 Å². The number of hydrogen-bond acceptors (Lipinski definition) is 1. The molecule has 0 fully saturated rings. The van der Waals surface area contributed by atoms with Gasteiger partial charge in [0, 0.05) is 0 Å². The van der Waals surface area contributed by atoms with Gasteiger partial charge in [0.05, 0.1) is 0 Å². The van der Waals surface area contributed by atoms with Crippen molar-refractivity contribution in [2.75, 3.05) is 6.54 Å². The van der Waals surface area contributed by atoms with Crippen molar-refractivity contribution in [3.05, 3.63) is 35.9 Å². The van der Waals surface area contributed by atoms with Crippen molar-refractivity contribution in [2.24, 2.45) is 0 Å². The predicted molar refractivity (Wildman–Crippen MR) is 58.3 cm³/mol. The van der Waals surface area contributed by atoms with Crippen molar-refractivity contribution in [1.82, 2.24) is 5.32 Å². The van der Waals surface area contributed by atoms with Crippen molar-refractivity contribution in [3.63, 3.8) is 0 Å². The van der Waals surface area contributed by atoms with Crippen LogP contribution in [0.15, 0.2) is 30.3 Å². The fraction of sp³-hybridized carbons (Fsp3) is 0.500. The first-order valence-electron chi connectivity index (χ1n) is 5.38. The average Bonchev–Trinajstić information content (AvgIpc) is 2.24. The van der Waals surface area contributed by atoms with Crippen molar-refractivity contribution in [1.29, 1.82) is 0 Å². The Bertz CT molecular complexity index is 295. The molecular formula is C12H16F3N. The number of hydrogen-bond donors (Lipinski definition) is 1. The van der Waals surface area contributed by atoms with E-state index in [1.165, 1.54) is 0 Å². The van der Waals surface area contributed by atoms with Crippen LogP contribution in [0.3, 0.4) is 0 Å². The van der Waals surface area contributed by atoms with Crippen molar-refractivity contribution in [3.8, 4) is 0 Å². The van der Waals surface area contributed by atoms with Crippen LogP contribution in [-0.2, 0) is 6.42 Å². The van der Waals surface area contributed by atoms with E-state index in [1.807, 2.05) is 6.92 Å². The average molecular weight is 231 g/mol. The van der Waals surface area contributed by atoms with E-state index in [1.54, 1.807) is 30.3 Å². The smallest absolute Gasteiger partial charge is 0.306 e. The van der Waals surface area contributed by atoms with E-state index >= 15 is 0 Å². The number of rotatable bonds is 5. The molecule has 1 unspecified atom stereocenters. The van der Waals surface area contributed by atoms with E-state index in [2.05, 4.69) is 5.32 Å². The van der Waals surface area contributed by atoms with Gasteiger partial charge in [0.15, 0.2) is 0 Å². The van der Waals surface area contributed by atoms with E-state index in [4.69, 9.17) is 0 Å². The summed E-state index contributed by atoms with van der Waals surface area (Å²) >= 11 is 0. The third-order valence-electron chi connectivity index (χ3n) is 2.32. The SMILES string of the molecule is CCCNC(Cc1ccccc1)C(F)(F)F. The molecule has 90 valence electrons. The van der Waals surface area contributed by atoms with Crippen molar-refractivity contribution < 1.29 is 13.2 Å². The van der Waals surface area contributed by atoms with Crippen LogP contribution in [0.5, 0.6) is 0 Å². The molecule has 1 atom stereocenters. The third kappa shape index (κ3) is 4.23. The summed E-state index contributed by atoms with van der Waals surface area (Å²) in [4.78, 5) is 0. The molecule has 4 heteroatoms. The van der Waals surface area contributed by atoms with Gasteiger partial charge < -0.3 is 5.32 Å². The Labute approximate surface area is 93.7 Å². The van der Waals surface area contributed by atoms with Crippen LogP contribution in [-0.4, -0.2) is 18.8 Å². The van der Waals surface area contributed by atoms with Crippen LogP contribution in [0.1, 0.15) is 18.9 Å². The fourth-order valence-corrected chi connectivity index (χ4v) is 1.47. The lowest BCUT2D eigenvalue weighted by molar-refractivity contribution is -0.155. The van der Waals surface area contributed by atoms with Gasteiger partial charge in [-0.25, -0.2) is 0 Å². The van der Waals surface area contributed by atoms with Gasteiger partial charge in [-0.2, -0.15) is 13.2 Å².